The fourth-order valence-corrected chi connectivity index (χ4v) is 2.07. The van der Waals surface area contributed by atoms with Crippen LogP contribution in [0.1, 0.15) is 50.7 Å². The number of nitrogens with two attached hydrogens (primary N) is 1. The number of ether oxygens (including phenoxy) is 1. The van der Waals surface area contributed by atoms with Crippen LogP contribution >= 0.6 is 0 Å². The lowest BCUT2D eigenvalue weighted by Crippen LogP contribution is -2.09. The highest BCUT2D eigenvalue weighted by atomic mass is 19.1. The van der Waals surface area contributed by atoms with Crippen molar-refractivity contribution in [1.29, 1.82) is 0 Å². The molecule has 3 heteroatoms. The monoisotopic (exact) mass is 267 g/mol. The lowest BCUT2D eigenvalue weighted by atomic mass is 10.0. The van der Waals surface area contributed by atoms with Crippen molar-refractivity contribution in [2.24, 2.45) is 11.7 Å². The standard InChI is InChI=1S/C16H26FNO/c1-3-5-6-13(4-2)11-19-12-15-8-7-14(10-18)9-16(15)17/h7-9,13H,3-6,10-12,18H2,1-2H3. The van der Waals surface area contributed by atoms with Crippen LogP contribution in [0, 0.1) is 11.7 Å². The van der Waals surface area contributed by atoms with E-state index in [0.717, 1.165) is 12.0 Å². The van der Waals surface area contributed by atoms with Gasteiger partial charge in [-0.05, 0) is 24.0 Å². The van der Waals surface area contributed by atoms with Crippen molar-refractivity contribution in [3.8, 4) is 0 Å². The van der Waals surface area contributed by atoms with Crippen LogP contribution in [0.5, 0.6) is 0 Å². The second-order valence-electron chi connectivity index (χ2n) is 5.06. The third kappa shape index (κ3) is 5.70. The quantitative estimate of drug-likeness (QED) is 0.733. The molecule has 0 spiro atoms. The molecule has 0 amide bonds. The summed E-state index contributed by atoms with van der Waals surface area (Å²) in [5.74, 6) is 0.371. The van der Waals surface area contributed by atoms with Crippen LogP contribution in [-0.4, -0.2) is 6.61 Å². The van der Waals surface area contributed by atoms with E-state index >= 15 is 0 Å². The second-order valence-corrected chi connectivity index (χ2v) is 5.06. The van der Waals surface area contributed by atoms with Crippen molar-refractivity contribution in [3.63, 3.8) is 0 Å². The first kappa shape index (κ1) is 16.1. The molecule has 1 aromatic carbocycles. The second kappa shape index (κ2) is 9.05. The molecule has 0 heterocycles. The molecule has 1 rings (SSSR count). The fourth-order valence-electron chi connectivity index (χ4n) is 2.07. The SMILES string of the molecule is CCCCC(CC)COCc1ccc(CN)cc1F. The van der Waals surface area contributed by atoms with Gasteiger partial charge in [0.2, 0.25) is 0 Å². The average molecular weight is 267 g/mol. The van der Waals surface area contributed by atoms with Crippen LogP contribution in [0.15, 0.2) is 18.2 Å². The number of benzene rings is 1. The van der Waals surface area contributed by atoms with Crippen LogP contribution in [0.3, 0.4) is 0 Å². The Bertz CT molecular complexity index is 368. The molecule has 0 aliphatic carbocycles. The Morgan fingerprint density at radius 1 is 1.32 bits per heavy atom. The average Bonchev–Trinajstić information content (AvgIpc) is 2.44. The van der Waals surface area contributed by atoms with Crippen LogP contribution in [0.2, 0.25) is 0 Å². The summed E-state index contributed by atoms with van der Waals surface area (Å²) in [6.07, 6.45) is 4.77. The summed E-state index contributed by atoms with van der Waals surface area (Å²) in [7, 11) is 0. The van der Waals surface area contributed by atoms with Crippen molar-refractivity contribution in [3.05, 3.63) is 35.1 Å². The van der Waals surface area contributed by atoms with Gasteiger partial charge in [-0.3, -0.25) is 0 Å². The lowest BCUT2D eigenvalue weighted by Gasteiger charge is -2.15. The Labute approximate surface area is 116 Å². The third-order valence-corrected chi connectivity index (χ3v) is 3.51. The van der Waals surface area contributed by atoms with Gasteiger partial charge >= 0.3 is 0 Å². The first-order valence-electron chi connectivity index (χ1n) is 7.26. The molecule has 0 aliphatic heterocycles. The molecule has 0 aliphatic rings. The van der Waals surface area contributed by atoms with Gasteiger partial charge in [0.15, 0.2) is 0 Å². The van der Waals surface area contributed by atoms with Gasteiger partial charge < -0.3 is 10.5 Å². The van der Waals surface area contributed by atoms with E-state index in [1.165, 1.54) is 25.3 Å². The Kier molecular flexibility index (Phi) is 7.68. The van der Waals surface area contributed by atoms with E-state index in [1.807, 2.05) is 6.07 Å². The molecule has 108 valence electrons. The number of unbranched alkanes of at least 4 members (excludes halogenated alkanes) is 1. The summed E-state index contributed by atoms with van der Waals surface area (Å²) in [5, 5.41) is 0. The van der Waals surface area contributed by atoms with Gasteiger partial charge in [-0.25, -0.2) is 4.39 Å². The van der Waals surface area contributed by atoms with E-state index in [0.29, 0.717) is 31.2 Å². The minimum Gasteiger partial charge on any atom is -0.376 e. The molecule has 0 aromatic heterocycles. The van der Waals surface area contributed by atoms with Crippen LogP contribution in [-0.2, 0) is 17.9 Å². The largest absolute Gasteiger partial charge is 0.376 e. The Hall–Kier alpha value is -0.930. The zero-order valence-electron chi connectivity index (χ0n) is 12.1. The van der Waals surface area contributed by atoms with Gasteiger partial charge in [-0.15, -0.1) is 0 Å². The number of hydrogen-bond acceptors (Lipinski definition) is 2. The fraction of sp³-hybridized carbons (Fsp3) is 0.625. The topological polar surface area (TPSA) is 35.2 Å². The van der Waals surface area contributed by atoms with E-state index in [4.69, 9.17) is 10.5 Å². The molecule has 2 nitrogen and oxygen atoms in total. The molecule has 0 saturated heterocycles. The minimum absolute atomic E-state index is 0.218. The minimum atomic E-state index is -0.218. The summed E-state index contributed by atoms with van der Waals surface area (Å²) in [6.45, 7) is 5.81. The van der Waals surface area contributed by atoms with Crippen molar-refractivity contribution >= 4 is 0 Å². The molecule has 1 aromatic rings. The van der Waals surface area contributed by atoms with Crippen molar-refractivity contribution in [2.45, 2.75) is 52.7 Å². The Balaban J connectivity index is 2.39. The smallest absolute Gasteiger partial charge is 0.129 e. The summed E-state index contributed by atoms with van der Waals surface area (Å²) < 4.78 is 19.4. The third-order valence-electron chi connectivity index (χ3n) is 3.51. The van der Waals surface area contributed by atoms with Gasteiger partial charge in [0, 0.05) is 18.7 Å². The molecule has 2 N–H and O–H groups in total. The number of rotatable bonds is 9. The van der Waals surface area contributed by atoms with Gasteiger partial charge in [-0.1, -0.05) is 45.2 Å². The molecule has 19 heavy (non-hydrogen) atoms. The van der Waals surface area contributed by atoms with Crippen LogP contribution in [0.4, 0.5) is 4.39 Å². The number of hydrogen-bond donors (Lipinski definition) is 1. The van der Waals surface area contributed by atoms with Crippen molar-refractivity contribution in [2.75, 3.05) is 6.61 Å². The predicted molar refractivity (Wildman–Crippen MR) is 77.3 cm³/mol. The molecule has 0 radical (unpaired) electrons. The maximum Gasteiger partial charge on any atom is 0.129 e. The summed E-state index contributed by atoms with van der Waals surface area (Å²) in [5.41, 5.74) is 6.90. The molecule has 0 saturated carbocycles. The van der Waals surface area contributed by atoms with Crippen molar-refractivity contribution < 1.29 is 9.13 Å². The maximum absolute atomic E-state index is 13.7. The zero-order chi connectivity index (χ0) is 14.1. The van der Waals surface area contributed by atoms with Crippen LogP contribution < -0.4 is 5.73 Å². The van der Waals surface area contributed by atoms with Crippen molar-refractivity contribution in [1.82, 2.24) is 0 Å². The van der Waals surface area contributed by atoms with E-state index in [1.54, 1.807) is 6.07 Å². The first-order valence-corrected chi connectivity index (χ1v) is 7.26. The van der Waals surface area contributed by atoms with E-state index in [-0.39, 0.29) is 5.82 Å². The van der Waals surface area contributed by atoms with Crippen LogP contribution in [0.25, 0.3) is 0 Å². The normalized spacial score (nSPS) is 12.6. The Morgan fingerprint density at radius 3 is 2.68 bits per heavy atom. The molecule has 1 atom stereocenters. The molecule has 1 unspecified atom stereocenters. The first-order chi connectivity index (χ1) is 9.21. The summed E-state index contributed by atoms with van der Waals surface area (Å²) >= 11 is 0. The Morgan fingerprint density at radius 2 is 2.11 bits per heavy atom. The molecular weight excluding hydrogens is 241 g/mol. The highest BCUT2D eigenvalue weighted by Gasteiger charge is 2.08. The van der Waals surface area contributed by atoms with Gasteiger partial charge in [0.05, 0.1) is 6.61 Å². The van der Waals surface area contributed by atoms with Gasteiger partial charge in [0.1, 0.15) is 5.82 Å². The lowest BCUT2D eigenvalue weighted by molar-refractivity contribution is 0.0802. The summed E-state index contributed by atoms with van der Waals surface area (Å²) in [6, 6.07) is 5.12. The van der Waals surface area contributed by atoms with E-state index in [2.05, 4.69) is 13.8 Å². The molecule has 0 bridgehead atoms. The highest BCUT2D eigenvalue weighted by molar-refractivity contribution is 5.23. The zero-order valence-corrected chi connectivity index (χ0v) is 12.1. The maximum atomic E-state index is 13.7. The van der Waals surface area contributed by atoms with E-state index < -0.39 is 0 Å². The summed E-state index contributed by atoms with van der Waals surface area (Å²) in [4.78, 5) is 0. The highest BCUT2D eigenvalue weighted by Crippen LogP contribution is 2.15. The van der Waals surface area contributed by atoms with Gasteiger partial charge in [-0.2, -0.15) is 0 Å². The van der Waals surface area contributed by atoms with E-state index in [9.17, 15) is 4.39 Å². The predicted octanol–water partition coefficient (Wildman–Crippen LogP) is 4.02. The molecular formula is C16H26FNO. The van der Waals surface area contributed by atoms with Gasteiger partial charge in [0.25, 0.3) is 0 Å². The molecule has 0 fully saturated rings. The number of halogens is 1.